The molecule has 1 N–H and O–H groups in total. The van der Waals surface area contributed by atoms with Crippen molar-refractivity contribution < 1.29 is 0 Å². The van der Waals surface area contributed by atoms with Gasteiger partial charge in [0.2, 0.25) is 0 Å². The van der Waals surface area contributed by atoms with E-state index in [9.17, 15) is 0 Å². The normalized spacial score (nSPS) is 19.1. The molecule has 0 saturated heterocycles. The molecule has 1 fully saturated rings. The first-order chi connectivity index (χ1) is 7.27. The highest BCUT2D eigenvalue weighted by atomic mass is 14.9. The van der Waals surface area contributed by atoms with Crippen LogP contribution in [0, 0.1) is 0 Å². The van der Waals surface area contributed by atoms with Gasteiger partial charge < -0.3 is 5.32 Å². The van der Waals surface area contributed by atoms with E-state index < -0.39 is 0 Å². The zero-order valence-electron chi connectivity index (χ0n) is 9.64. The highest BCUT2D eigenvalue weighted by Crippen LogP contribution is 2.46. The first-order valence-corrected chi connectivity index (χ1v) is 6.17. The van der Waals surface area contributed by atoms with Crippen LogP contribution in [0.5, 0.6) is 0 Å². The number of benzene rings is 1. The third-order valence-electron chi connectivity index (χ3n) is 3.70. The molecule has 15 heavy (non-hydrogen) atoms. The van der Waals surface area contributed by atoms with E-state index in [0.29, 0.717) is 5.92 Å². The molecule has 0 bridgehead atoms. The Morgan fingerprint density at radius 1 is 1.27 bits per heavy atom. The predicted molar refractivity (Wildman–Crippen MR) is 64.7 cm³/mol. The van der Waals surface area contributed by atoms with Gasteiger partial charge in [-0.1, -0.05) is 26.0 Å². The maximum Gasteiger partial charge on any atom is 0.0411 e. The van der Waals surface area contributed by atoms with Crippen LogP contribution in [0.3, 0.4) is 0 Å². The van der Waals surface area contributed by atoms with Crippen LogP contribution in [0.15, 0.2) is 12.1 Å². The van der Waals surface area contributed by atoms with Crippen molar-refractivity contribution in [3.8, 4) is 0 Å². The third-order valence-corrected chi connectivity index (χ3v) is 3.70. The van der Waals surface area contributed by atoms with Gasteiger partial charge in [-0.25, -0.2) is 0 Å². The van der Waals surface area contributed by atoms with Crippen molar-refractivity contribution >= 4 is 5.69 Å². The molecule has 80 valence electrons. The molecule has 1 saturated carbocycles. The molecule has 0 atom stereocenters. The van der Waals surface area contributed by atoms with Crippen LogP contribution in [0.1, 0.15) is 55.2 Å². The van der Waals surface area contributed by atoms with Gasteiger partial charge in [0.15, 0.2) is 0 Å². The lowest BCUT2D eigenvalue weighted by atomic mass is 9.93. The minimum atomic E-state index is 0.637. The van der Waals surface area contributed by atoms with Crippen molar-refractivity contribution in [2.75, 3.05) is 11.9 Å². The monoisotopic (exact) mass is 201 g/mol. The van der Waals surface area contributed by atoms with Gasteiger partial charge in [-0.05, 0) is 47.8 Å². The van der Waals surface area contributed by atoms with Crippen LogP contribution in [0.4, 0.5) is 5.69 Å². The smallest absolute Gasteiger partial charge is 0.0411 e. The summed E-state index contributed by atoms with van der Waals surface area (Å²) < 4.78 is 0. The van der Waals surface area contributed by atoms with Crippen molar-refractivity contribution in [3.63, 3.8) is 0 Å². The Morgan fingerprint density at radius 3 is 2.73 bits per heavy atom. The van der Waals surface area contributed by atoms with Crippen molar-refractivity contribution in [2.45, 2.75) is 44.9 Å². The fraction of sp³-hybridized carbons (Fsp3) is 0.571. The molecule has 0 aromatic heterocycles. The number of anilines is 1. The maximum absolute atomic E-state index is 3.57. The number of nitrogens with one attached hydrogen (secondary N) is 1. The average Bonchev–Trinajstić information content (AvgIpc) is 2.93. The van der Waals surface area contributed by atoms with E-state index in [1.807, 2.05) is 0 Å². The summed E-state index contributed by atoms with van der Waals surface area (Å²) in [4.78, 5) is 0. The summed E-state index contributed by atoms with van der Waals surface area (Å²) >= 11 is 0. The van der Waals surface area contributed by atoms with Crippen LogP contribution in [0.25, 0.3) is 0 Å². The Hall–Kier alpha value is -0.980. The van der Waals surface area contributed by atoms with E-state index in [0.717, 1.165) is 12.5 Å². The summed E-state index contributed by atoms with van der Waals surface area (Å²) in [7, 11) is 0. The number of hydrogen-bond acceptors (Lipinski definition) is 1. The SMILES string of the molecule is CC(C)c1ccc(C2CC2)c2c1NCC2. The maximum atomic E-state index is 3.57. The van der Waals surface area contributed by atoms with E-state index in [4.69, 9.17) is 0 Å². The van der Waals surface area contributed by atoms with E-state index in [-0.39, 0.29) is 0 Å². The van der Waals surface area contributed by atoms with Crippen molar-refractivity contribution in [3.05, 3.63) is 28.8 Å². The largest absolute Gasteiger partial charge is 0.384 e. The first-order valence-electron chi connectivity index (χ1n) is 6.17. The quantitative estimate of drug-likeness (QED) is 0.770. The summed E-state index contributed by atoms with van der Waals surface area (Å²) in [6, 6.07) is 4.73. The minimum Gasteiger partial charge on any atom is -0.384 e. The highest BCUT2D eigenvalue weighted by molar-refractivity contribution is 5.65. The van der Waals surface area contributed by atoms with Crippen LogP contribution in [-0.4, -0.2) is 6.54 Å². The van der Waals surface area contributed by atoms with Gasteiger partial charge in [0.05, 0.1) is 0 Å². The molecule has 0 unspecified atom stereocenters. The molecule has 0 amide bonds. The number of rotatable bonds is 2. The van der Waals surface area contributed by atoms with Gasteiger partial charge in [0.25, 0.3) is 0 Å². The molecule has 1 heteroatoms. The summed E-state index contributed by atoms with van der Waals surface area (Å²) in [6.07, 6.45) is 4.06. The molecule has 1 aliphatic heterocycles. The molecule has 2 aliphatic rings. The van der Waals surface area contributed by atoms with Crippen molar-refractivity contribution in [1.29, 1.82) is 0 Å². The fourth-order valence-corrected chi connectivity index (χ4v) is 2.73. The van der Waals surface area contributed by atoms with Gasteiger partial charge in [-0.3, -0.25) is 0 Å². The summed E-state index contributed by atoms with van der Waals surface area (Å²) in [5.74, 6) is 1.53. The third kappa shape index (κ3) is 1.45. The molecule has 0 spiro atoms. The lowest BCUT2D eigenvalue weighted by Crippen LogP contribution is -1.98. The van der Waals surface area contributed by atoms with Gasteiger partial charge in [-0.15, -0.1) is 0 Å². The molecule has 3 rings (SSSR count). The van der Waals surface area contributed by atoms with Crippen LogP contribution >= 0.6 is 0 Å². The standard InChI is InChI=1S/C14H19N/c1-9(2)11-5-6-12(10-3-4-10)13-7-8-15-14(11)13/h5-6,9-10,15H,3-4,7-8H2,1-2H3. The second-order valence-electron chi connectivity index (χ2n) is 5.20. The molecule has 1 aromatic carbocycles. The van der Waals surface area contributed by atoms with Gasteiger partial charge in [0, 0.05) is 12.2 Å². The van der Waals surface area contributed by atoms with Crippen molar-refractivity contribution in [1.82, 2.24) is 0 Å². The number of fused-ring (bicyclic) bond motifs is 1. The Balaban J connectivity index is 2.11. The fourth-order valence-electron chi connectivity index (χ4n) is 2.73. The predicted octanol–water partition coefficient (Wildman–Crippen LogP) is 3.66. The molecule has 0 radical (unpaired) electrons. The lowest BCUT2D eigenvalue weighted by molar-refractivity contribution is 0.866. The van der Waals surface area contributed by atoms with Crippen molar-refractivity contribution in [2.24, 2.45) is 0 Å². The highest BCUT2D eigenvalue weighted by Gasteiger charge is 2.29. The van der Waals surface area contributed by atoms with Gasteiger partial charge >= 0.3 is 0 Å². The second-order valence-corrected chi connectivity index (χ2v) is 5.20. The van der Waals surface area contributed by atoms with E-state index in [1.165, 1.54) is 30.5 Å². The Labute approximate surface area is 91.9 Å². The summed E-state index contributed by atoms with van der Waals surface area (Å²) in [5.41, 5.74) is 6.24. The molecule has 1 heterocycles. The lowest BCUT2D eigenvalue weighted by Gasteiger charge is -2.15. The zero-order chi connectivity index (χ0) is 10.4. The zero-order valence-corrected chi connectivity index (χ0v) is 9.64. The molecular formula is C14H19N. The van der Waals surface area contributed by atoms with Gasteiger partial charge in [0.1, 0.15) is 0 Å². The molecular weight excluding hydrogens is 182 g/mol. The molecule has 1 aliphatic carbocycles. The Bertz CT molecular complexity index is 360. The minimum absolute atomic E-state index is 0.637. The summed E-state index contributed by atoms with van der Waals surface area (Å²) in [6.45, 7) is 5.71. The second kappa shape index (κ2) is 3.26. The first kappa shape index (κ1) is 9.26. The van der Waals surface area contributed by atoms with Crippen LogP contribution in [-0.2, 0) is 6.42 Å². The molecule has 1 aromatic rings. The van der Waals surface area contributed by atoms with Gasteiger partial charge in [-0.2, -0.15) is 0 Å². The number of hydrogen-bond donors (Lipinski definition) is 1. The Kier molecular flexibility index (Phi) is 2.01. The Morgan fingerprint density at radius 2 is 2.07 bits per heavy atom. The van der Waals surface area contributed by atoms with E-state index in [1.54, 1.807) is 11.1 Å². The van der Waals surface area contributed by atoms with Crippen LogP contribution in [0.2, 0.25) is 0 Å². The topological polar surface area (TPSA) is 12.0 Å². The van der Waals surface area contributed by atoms with E-state index >= 15 is 0 Å². The summed E-state index contributed by atoms with van der Waals surface area (Å²) in [5, 5.41) is 3.57. The van der Waals surface area contributed by atoms with E-state index in [2.05, 4.69) is 31.3 Å². The molecule has 1 nitrogen and oxygen atoms in total. The van der Waals surface area contributed by atoms with Crippen LogP contribution < -0.4 is 5.32 Å². The average molecular weight is 201 g/mol.